The maximum atomic E-state index is 13.0. The Morgan fingerprint density at radius 3 is 2.46 bits per heavy atom. The molecule has 8 atom stereocenters. The first-order valence-electron chi connectivity index (χ1n) is 12.4. The van der Waals surface area contributed by atoms with E-state index in [-0.39, 0.29) is 23.1 Å². The number of aromatic nitrogens is 1. The molecule has 0 bridgehead atoms. The van der Waals surface area contributed by atoms with Crippen LogP contribution in [0.2, 0.25) is 0 Å². The fraction of sp³-hybridized carbons (Fsp3) is 0.630. The van der Waals surface area contributed by atoms with E-state index in [2.05, 4.69) is 11.9 Å². The van der Waals surface area contributed by atoms with Gasteiger partial charge in [0, 0.05) is 37.1 Å². The number of nitrogens with zero attached hydrogens (tertiary/aromatic N) is 1. The molecule has 4 N–H and O–H groups in total. The second kappa shape index (κ2) is 10.4. The van der Waals surface area contributed by atoms with Crippen molar-refractivity contribution in [1.29, 1.82) is 0 Å². The lowest BCUT2D eigenvalue weighted by Crippen LogP contribution is -2.68. The Hall–Kier alpha value is -2.26. The number of ether oxygens (including phenoxy) is 1. The Morgan fingerprint density at radius 1 is 1.14 bits per heavy atom. The SMILES string of the molecule is CC.CO.C[C@H]1C(O)CCC2(C)C1CC(O)[C@@]1(C)Oc3cc(-c4cccnc4)oc(=O)c3C(O)C21. The average Bonchev–Trinajstić information content (AvgIpc) is 2.86. The van der Waals surface area contributed by atoms with Gasteiger partial charge in [-0.15, -0.1) is 0 Å². The van der Waals surface area contributed by atoms with Crippen LogP contribution in [0.15, 0.2) is 39.8 Å². The van der Waals surface area contributed by atoms with Crippen LogP contribution >= 0.6 is 0 Å². The molecule has 3 heterocycles. The minimum atomic E-state index is -1.14. The lowest BCUT2D eigenvalue weighted by atomic mass is 9.46. The number of fused-ring (bicyclic) bond motifs is 4. The van der Waals surface area contributed by atoms with Crippen molar-refractivity contribution in [1.82, 2.24) is 4.98 Å². The number of pyridine rings is 1. The predicted octanol–water partition coefficient (Wildman–Crippen LogP) is 3.32. The average molecular weight is 490 g/mol. The van der Waals surface area contributed by atoms with Gasteiger partial charge in [-0.3, -0.25) is 4.98 Å². The van der Waals surface area contributed by atoms with Crippen molar-refractivity contribution in [3.63, 3.8) is 0 Å². The Balaban J connectivity index is 0.000000815. The van der Waals surface area contributed by atoms with Crippen LogP contribution in [0.4, 0.5) is 0 Å². The Morgan fingerprint density at radius 2 is 1.83 bits per heavy atom. The van der Waals surface area contributed by atoms with Crippen LogP contribution in [-0.4, -0.2) is 50.3 Å². The molecule has 2 saturated carbocycles. The van der Waals surface area contributed by atoms with Gasteiger partial charge in [-0.05, 0) is 55.6 Å². The third-order valence-corrected chi connectivity index (χ3v) is 8.37. The monoisotopic (exact) mass is 489 g/mol. The fourth-order valence-electron chi connectivity index (χ4n) is 6.68. The van der Waals surface area contributed by atoms with E-state index in [9.17, 15) is 20.1 Å². The molecule has 0 saturated heterocycles. The number of aliphatic hydroxyl groups excluding tert-OH is 4. The number of hydrogen-bond donors (Lipinski definition) is 4. The fourth-order valence-corrected chi connectivity index (χ4v) is 6.68. The lowest BCUT2D eigenvalue weighted by Gasteiger charge is -2.63. The molecule has 2 fully saturated rings. The third kappa shape index (κ3) is 4.31. The van der Waals surface area contributed by atoms with Crippen LogP contribution in [0, 0.1) is 23.2 Å². The summed E-state index contributed by atoms with van der Waals surface area (Å²) < 4.78 is 11.9. The smallest absolute Gasteiger partial charge is 0.345 e. The van der Waals surface area contributed by atoms with Crippen molar-refractivity contribution in [2.45, 2.75) is 77.8 Å². The zero-order valence-corrected chi connectivity index (χ0v) is 21.4. The summed E-state index contributed by atoms with van der Waals surface area (Å²) >= 11 is 0. The van der Waals surface area contributed by atoms with Gasteiger partial charge in [-0.2, -0.15) is 0 Å². The number of rotatable bonds is 1. The van der Waals surface area contributed by atoms with Crippen LogP contribution < -0.4 is 10.4 Å². The second-order valence-corrected chi connectivity index (χ2v) is 9.96. The van der Waals surface area contributed by atoms with Gasteiger partial charge in [-0.1, -0.05) is 27.7 Å². The van der Waals surface area contributed by atoms with E-state index in [1.807, 2.05) is 27.7 Å². The molecule has 0 amide bonds. The second-order valence-electron chi connectivity index (χ2n) is 9.96. The zero-order chi connectivity index (χ0) is 26.1. The Labute approximate surface area is 206 Å². The van der Waals surface area contributed by atoms with Gasteiger partial charge in [0.2, 0.25) is 0 Å². The summed E-state index contributed by atoms with van der Waals surface area (Å²) in [5, 5.41) is 40.1. The highest BCUT2D eigenvalue weighted by molar-refractivity contribution is 5.59. The van der Waals surface area contributed by atoms with E-state index in [0.717, 1.165) is 7.11 Å². The lowest BCUT2D eigenvalue weighted by molar-refractivity contribution is -0.242. The highest BCUT2D eigenvalue weighted by Crippen LogP contribution is 2.64. The molecule has 2 aromatic rings. The topological polar surface area (TPSA) is 133 Å². The summed E-state index contributed by atoms with van der Waals surface area (Å²) in [4.78, 5) is 17.0. The highest BCUT2D eigenvalue weighted by Gasteiger charge is 2.66. The van der Waals surface area contributed by atoms with Gasteiger partial charge in [0.15, 0.2) is 0 Å². The standard InChI is InChI=1S/C24H29NO6.C2H6.CH4O/c1-12-14-9-18(27)24(3)21(23(14,2)7-6-15(12)26)20(28)19-17(31-24)10-16(30-22(19)29)13-5-4-8-25-11-13;2*1-2/h4-5,8,10-12,14-15,18,20-21,26-28H,6-7,9H2,1-3H3;1-2H3;2H,1H3/t12-,14?,15?,18?,20?,21?,23?,24-;;/m1../s1. The van der Waals surface area contributed by atoms with Crippen LogP contribution in [0.25, 0.3) is 11.3 Å². The van der Waals surface area contributed by atoms with E-state index < -0.39 is 40.9 Å². The van der Waals surface area contributed by atoms with Crippen LogP contribution in [0.5, 0.6) is 5.75 Å². The molecule has 8 nitrogen and oxygen atoms in total. The number of aliphatic hydroxyl groups is 4. The first-order chi connectivity index (χ1) is 16.7. The molecule has 3 aliphatic rings. The Kier molecular flexibility index (Phi) is 8.11. The molecule has 6 unspecified atom stereocenters. The summed E-state index contributed by atoms with van der Waals surface area (Å²) in [5.74, 6) is 0.0198. The van der Waals surface area contributed by atoms with Gasteiger partial charge in [0.25, 0.3) is 0 Å². The van der Waals surface area contributed by atoms with E-state index in [1.54, 1.807) is 30.6 Å². The van der Waals surface area contributed by atoms with Crippen molar-refractivity contribution in [2.24, 2.45) is 23.2 Å². The molecule has 35 heavy (non-hydrogen) atoms. The minimum absolute atomic E-state index is 0.00540. The summed E-state index contributed by atoms with van der Waals surface area (Å²) in [6.45, 7) is 9.92. The maximum Gasteiger partial charge on any atom is 0.345 e. The van der Waals surface area contributed by atoms with Crippen LogP contribution in [0.3, 0.4) is 0 Å². The molecular formula is C27H39NO7. The molecule has 0 radical (unpaired) electrons. The summed E-state index contributed by atoms with van der Waals surface area (Å²) in [6, 6.07) is 5.12. The van der Waals surface area contributed by atoms with E-state index in [0.29, 0.717) is 30.6 Å². The van der Waals surface area contributed by atoms with Crippen LogP contribution in [-0.2, 0) is 0 Å². The summed E-state index contributed by atoms with van der Waals surface area (Å²) in [7, 11) is 1.00. The van der Waals surface area contributed by atoms with Crippen molar-refractivity contribution < 1.29 is 29.6 Å². The predicted molar refractivity (Wildman–Crippen MR) is 132 cm³/mol. The molecule has 2 aliphatic carbocycles. The quantitative estimate of drug-likeness (QED) is 0.479. The van der Waals surface area contributed by atoms with Crippen LogP contribution in [0.1, 0.15) is 65.5 Å². The van der Waals surface area contributed by atoms with Gasteiger partial charge < -0.3 is 29.6 Å². The molecular weight excluding hydrogens is 450 g/mol. The first kappa shape index (κ1) is 27.3. The summed E-state index contributed by atoms with van der Waals surface area (Å²) in [6.07, 6.45) is 2.57. The van der Waals surface area contributed by atoms with Crippen molar-refractivity contribution in [3.8, 4) is 17.1 Å². The molecule has 0 spiro atoms. The van der Waals surface area contributed by atoms with Gasteiger partial charge in [0.1, 0.15) is 22.7 Å². The Bertz CT molecular complexity index is 1060. The third-order valence-electron chi connectivity index (χ3n) is 8.37. The molecule has 8 heteroatoms. The van der Waals surface area contributed by atoms with Crippen molar-refractivity contribution in [3.05, 3.63) is 46.6 Å². The first-order valence-corrected chi connectivity index (χ1v) is 12.4. The van der Waals surface area contributed by atoms with Crippen molar-refractivity contribution >= 4 is 0 Å². The minimum Gasteiger partial charge on any atom is -0.484 e. The maximum absolute atomic E-state index is 13.0. The number of hydrogen-bond acceptors (Lipinski definition) is 8. The molecule has 1 aliphatic heterocycles. The summed E-state index contributed by atoms with van der Waals surface area (Å²) in [5.41, 5.74) is -1.39. The molecule has 194 valence electrons. The van der Waals surface area contributed by atoms with E-state index in [4.69, 9.17) is 14.3 Å². The van der Waals surface area contributed by atoms with Crippen molar-refractivity contribution in [2.75, 3.05) is 7.11 Å². The van der Waals surface area contributed by atoms with E-state index in [1.165, 1.54) is 0 Å². The molecule has 2 aromatic heterocycles. The molecule has 5 rings (SSSR count). The largest absolute Gasteiger partial charge is 0.484 e. The zero-order valence-electron chi connectivity index (χ0n) is 21.4. The normalized spacial score (nSPS) is 37.1. The van der Waals surface area contributed by atoms with Gasteiger partial charge in [-0.25, -0.2) is 4.79 Å². The highest BCUT2D eigenvalue weighted by atomic mass is 16.5. The van der Waals surface area contributed by atoms with E-state index >= 15 is 0 Å². The van der Waals surface area contributed by atoms with Gasteiger partial charge in [0.05, 0.1) is 18.3 Å². The van der Waals surface area contributed by atoms with Gasteiger partial charge >= 0.3 is 5.63 Å². The molecule has 0 aromatic carbocycles.